The molecule has 1 amide bonds. The zero-order chi connectivity index (χ0) is 13.9. The van der Waals surface area contributed by atoms with Crippen molar-refractivity contribution in [1.82, 2.24) is 10.5 Å². The average molecular weight is 273 g/mol. The maximum Gasteiger partial charge on any atom is 0.263 e. The Kier molecular flexibility index (Phi) is 3.28. The van der Waals surface area contributed by atoms with E-state index in [4.69, 9.17) is 9.26 Å². The number of hydrogen-bond acceptors (Lipinski definition) is 5. The molecule has 0 aliphatic carbocycles. The molecular weight excluding hydrogens is 258 g/mol. The molecule has 0 bridgehead atoms. The molecule has 0 spiro atoms. The van der Waals surface area contributed by atoms with E-state index in [1.54, 1.807) is 6.07 Å². The van der Waals surface area contributed by atoms with Crippen molar-refractivity contribution >= 4 is 11.6 Å². The number of para-hydroxylation sites is 2. The summed E-state index contributed by atoms with van der Waals surface area (Å²) in [6.07, 6.45) is -0.547. The average Bonchev–Trinajstić information content (AvgIpc) is 2.90. The van der Waals surface area contributed by atoms with Crippen LogP contribution in [0, 0.1) is 6.92 Å². The third kappa shape index (κ3) is 2.59. The number of nitrogens with one attached hydrogen (secondary N) is 2. The first-order valence-corrected chi connectivity index (χ1v) is 6.42. The molecule has 1 aromatic carbocycles. The van der Waals surface area contributed by atoms with Crippen LogP contribution in [0.2, 0.25) is 0 Å². The second-order valence-corrected chi connectivity index (χ2v) is 4.64. The monoisotopic (exact) mass is 273 g/mol. The largest absolute Gasteiger partial charge is 0.477 e. The molecule has 1 unspecified atom stereocenters. The number of aromatic nitrogens is 1. The van der Waals surface area contributed by atoms with Gasteiger partial charge in [0.1, 0.15) is 5.75 Å². The molecule has 104 valence electrons. The SMILES string of the molecule is Cc1cc(CNC(=O)C2CNc3ccccc3O2)on1. The fourth-order valence-corrected chi connectivity index (χ4v) is 2.05. The van der Waals surface area contributed by atoms with Crippen LogP contribution in [0.4, 0.5) is 5.69 Å². The lowest BCUT2D eigenvalue weighted by Crippen LogP contribution is -2.44. The van der Waals surface area contributed by atoms with Gasteiger partial charge >= 0.3 is 0 Å². The number of hydrogen-bond donors (Lipinski definition) is 2. The number of rotatable bonds is 3. The highest BCUT2D eigenvalue weighted by atomic mass is 16.5. The Morgan fingerprint density at radius 1 is 1.50 bits per heavy atom. The molecule has 0 fully saturated rings. The molecule has 0 radical (unpaired) electrons. The number of anilines is 1. The molecule has 20 heavy (non-hydrogen) atoms. The molecule has 6 heteroatoms. The number of benzene rings is 1. The van der Waals surface area contributed by atoms with Crippen LogP contribution < -0.4 is 15.4 Å². The predicted octanol–water partition coefficient (Wildman–Crippen LogP) is 1.47. The van der Waals surface area contributed by atoms with Crippen molar-refractivity contribution in [3.8, 4) is 5.75 Å². The van der Waals surface area contributed by atoms with E-state index in [0.29, 0.717) is 24.6 Å². The highest BCUT2D eigenvalue weighted by molar-refractivity contribution is 5.82. The Labute approximate surface area is 116 Å². The molecule has 1 aliphatic rings. The lowest BCUT2D eigenvalue weighted by Gasteiger charge is -2.26. The summed E-state index contributed by atoms with van der Waals surface area (Å²) in [4.78, 5) is 12.0. The van der Waals surface area contributed by atoms with Gasteiger partial charge in [-0.05, 0) is 19.1 Å². The van der Waals surface area contributed by atoms with Crippen LogP contribution in [0.3, 0.4) is 0 Å². The first kappa shape index (κ1) is 12.5. The standard InChI is InChI=1S/C14H15N3O3/c1-9-6-10(20-17-9)7-16-14(18)13-8-15-11-4-2-3-5-12(11)19-13/h2-6,13,15H,7-8H2,1H3,(H,16,18). The normalized spacial score (nSPS) is 16.8. The zero-order valence-corrected chi connectivity index (χ0v) is 11.1. The minimum absolute atomic E-state index is 0.180. The van der Waals surface area contributed by atoms with E-state index in [1.165, 1.54) is 0 Å². The molecule has 6 nitrogen and oxygen atoms in total. The molecule has 0 saturated heterocycles. The van der Waals surface area contributed by atoms with Crippen molar-refractivity contribution in [2.24, 2.45) is 0 Å². The van der Waals surface area contributed by atoms with Gasteiger partial charge in [0.15, 0.2) is 11.9 Å². The fraction of sp³-hybridized carbons (Fsp3) is 0.286. The van der Waals surface area contributed by atoms with Gasteiger partial charge in [0.05, 0.1) is 24.5 Å². The highest BCUT2D eigenvalue weighted by Crippen LogP contribution is 2.28. The summed E-state index contributed by atoms with van der Waals surface area (Å²) in [6, 6.07) is 9.33. The number of carbonyl (C=O) groups excluding carboxylic acids is 1. The Bertz CT molecular complexity index is 624. The lowest BCUT2D eigenvalue weighted by atomic mass is 10.2. The maximum atomic E-state index is 12.0. The Morgan fingerprint density at radius 2 is 2.35 bits per heavy atom. The minimum Gasteiger partial charge on any atom is -0.477 e. The Morgan fingerprint density at radius 3 is 3.15 bits per heavy atom. The topological polar surface area (TPSA) is 76.4 Å². The zero-order valence-electron chi connectivity index (χ0n) is 11.1. The van der Waals surface area contributed by atoms with Crippen LogP contribution in [0.25, 0.3) is 0 Å². The van der Waals surface area contributed by atoms with Crippen LogP contribution >= 0.6 is 0 Å². The van der Waals surface area contributed by atoms with E-state index in [0.717, 1.165) is 11.4 Å². The van der Waals surface area contributed by atoms with E-state index in [2.05, 4.69) is 15.8 Å². The summed E-state index contributed by atoms with van der Waals surface area (Å²) in [6.45, 7) is 2.58. The smallest absolute Gasteiger partial charge is 0.263 e. The number of fused-ring (bicyclic) bond motifs is 1. The number of carbonyl (C=O) groups is 1. The van der Waals surface area contributed by atoms with Gasteiger partial charge in [-0.15, -0.1) is 0 Å². The summed E-state index contributed by atoms with van der Waals surface area (Å²) in [5.74, 6) is 1.13. The van der Waals surface area contributed by atoms with Crippen molar-refractivity contribution in [3.63, 3.8) is 0 Å². The second-order valence-electron chi connectivity index (χ2n) is 4.64. The maximum absolute atomic E-state index is 12.0. The number of amides is 1. The summed E-state index contributed by atoms with van der Waals surface area (Å²) in [5.41, 5.74) is 1.70. The van der Waals surface area contributed by atoms with Crippen LogP contribution in [-0.4, -0.2) is 23.7 Å². The molecule has 2 aromatic rings. The molecule has 1 aromatic heterocycles. The summed E-state index contributed by atoms with van der Waals surface area (Å²) < 4.78 is 10.7. The van der Waals surface area contributed by atoms with Crippen molar-refractivity contribution in [3.05, 3.63) is 41.8 Å². The first-order chi connectivity index (χ1) is 9.72. The molecule has 2 N–H and O–H groups in total. The van der Waals surface area contributed by atoms with Crippen molar-refractivity contribution in [1.29, 1.82) is 0 Å². The van der Waals surface area contributed by atoms with Gasteiger partial charge in [0.25, 0.3) is 5.91 Å². The van der Waals surface area contributed by atoms with Crippen LogP contribution in [0.5, 0.6) is 5.75 Å². The van der Waals surface area contributed by atoms with Crippen LogP contribution in [0.15, 0.2) is 34.9 Å². The predicted molar refractivity (Wildman–Crippen MR) is 72.4 cm³/mol. The Balaban J connectivity index is 1.59. The molecule has 3 rings (SSSR count). The van der Waals surface area contributed by atoms with Crippen molar-refractivity contribution in [2.45, 2.75) is 19.6 Å². The summed E-state index contributed by atoms with van der Waals surface area (Å²) in [7, 11) is 0. The molecule has 1 atom stereocenters. The number of ether oxygens (including phenoxy) is 1. The van der Waals surface area contributed by atoms with Gasteiger partial charge in [-0.3, -0.25) is 4.79 Å². The molecule has 0 saturated carbocycles. The third-order valence-electron chi connectivity index (χ3n) is 3.04. The number of aryl methyl sites for hydroxylation is 1. The van der Waals surface area contributed by atoms with Gasteiger partial charge in [0.2, 0.25) is 0 Å². The van der Waals surface area contributed by atoms with Crippen molar-refractivity contribution < 1.29 is 14.1 Å². The van der Waals surface area contributed by atoms with Gasteiger partial charge in [-0.2, -0.15) is 0 Å². The molecule has 2 heterocycles. The minimum atomic E-state index is -0.547. The van der Waals surface area contributed by atoms with Crippen molar-refractivity contribution in [2.75, 3.05) is 11.9 Å². The van der Waals surface area contributed by atoms with E-state index in [-0.39, 0.29) is 5.91 Å². The van der Waals surface area contributed by atoms with Crippen LogP contribution in [0.1, 0.15) is 11.5 Å². The van der Waals surface area contributed by atoms with Gasteiger partial charge < -0.3 is 19.9 Å². The third-order valence-corrected chi connectivity index (χ3v) is 3.04. The summed E-state index contributed by atoms with van der Waals surface area (Å²) in [5, 5.41) is 9.72. The number of nitrogens with zero attached hydrogens (tertiary/aromatic N) is 1. The van der Waals surface area contributed by atoms with Crippen LogP contribution in [-0.2, 0) is 11.3 Å². The molecular formula is C14H15N3O3. The van der Waals surface area contributed by atoms with E-state index >= 15 is 0 Å². The Hall–Kier alpha value is -2.50. The fourth-order valence-electron chi connectivity index (χ4n) is 2.05. The second kappa shape index (κ2) is 5.24. The van der Waals surface area contributed by atoms with Gasteiger partial charge in [-0.1, -0.05) is 17.3 Å². The van der Waals surface area contributed by atoms with E-state index < -0.39 is 6.10 Å². The quantitative estimate of drug-likeness (QED) is 0.885. The molecule has 1 aliphatic heterocycles. The highest BCUT2D eigenvalue weighted by Gasteiger charge is 2.25. The van der Waals surface area contributed by atoms with Gasteiger partial charge in [0, 0.05) is 6.07 Å². The van der Waals surface area contributed by atoms with E-state index in [9.17, 15) is 4.79 Å². The van der Waals surface area contributed by atoms with E-state index in [1.807, 2.05) is 31.2 Å². The first-order valence-electron chi connectivity index (χ1n) is 6.42. The lowest BCUT2D eigenvalue weighted by molar-refractivity contribution is -0.127. The summed E-state index contributed by atoms with van der Waals surface area (Å²) >= 11 is 0. The van der Waals surface area contributed by atoms with Gasteiger partial charge in [-0.25, -0.2) is 0 Å².